The van der Waals surface area contributed by atoms with E-state index in [0.717, 1.165) is 10.5 Å². The Bertz CT molecular complexity index is 162. The van der Waals surface area contributed by atoms with Gasteiger partial charge < -0.3 is 0 Å². The summed E-state index contributed by atoms with van der Waals surface area (Å²) in [6.45, 7) is 4.70. The molecule has 3 atom stereocenters. The van der Waals surface area contributed by atoms with Gasteiger partial charge in [0, 0.05) is 27.8 Å². The highest BCUT2D eigenvalue weighted by Crippen LogP contribution is 2.59. The molecule has 3 unspecified atom stereocenters. The van der Waals surface area contributed by atoms with E-state index in [1.54, 1.807) is 0 Å². The zero-order valence-corrected chi connectivity index (χ0v) is 10.7. The van der Waals surface area contributed by atoms with E-state index in [2.05, 4.69) is 60.9 Å². The van der Waals surface area contributed by atoms with E-state index in [1.165, 1.54) is 17.3 Å². The molecule has 2 saturated heterocycles. The smallest absolute Gasteiger partial charge is 0.116 e. The Balaban J connectivity index is 1.95. The average Bonchev–Trinajstić information content (AvgIpc) is 2.40. The largest absolute Gasteiger partial charge is 0.155 e. The van der Waals surface area contributed by atoms with E-state index in [0.29, 0.717) is 3.41 Å². The molecule has 0 aromatic carbocycles. The van der Waals surface area contributed by atoms with Crippen LogP contribution in [0.2, 0.25) is 0 Å². The van der Waals surface area contributed by atoms with Crippen molar-refractivity contribution in [2.45, 2.75) is 27.8 Å². The van der Waals surface area contributed by atoms with Crippen LogP contribution in [0.4, 0.5) is 0 Å². The molecule has 0 aliphatic carbocycles. The summed E-state index contributed by atoms with van der Waals surface area (Å²) in [5, 5.41) is 1.74. The van der Waals surface area contributed by atoms with Gasteiger partial charge in [0.2, 0.25) is 0 Å². The van der Waals surface area contributed by atoms with Gasteiger partial charge in [0.05, 0.1) is 0 Å². The maximum Gasteiger partial charge on any atom is 0.116 e. The highest BCUT2D eigenvalue weighted by atomic mass is 32.3. The van der Waals surface area contributed by atoms with Crippen LogP contribution in [0.5, 0.6) is 0 Å². The quantitative estimate of drug-likeness (QED) is 0.634. The normalized spacial score (nSPS) is 48.5. The van der Waals surface area contributed by atoms with Crippen molar-refractivity contribution in [2.75, 3.05) is 17.3 Å². The molecule has 0 nitrogen and oxygen atoms in total. The molecule has 12 heavy (non-hydrogen) atoms. The molecule has 2 aliphatic rings. The van der Waals surface area contributed by atoms with Crippen molar-refractivity contribution in [2.24, 2.45) is 0 Å². The van der Waals surface area contributed by atoms with Crippen molar-refractivity contribution in [1.82, 2.24) is 0 Å². The number of rotatable bonds is 0. The summed E-state index contributed by atoms with van der Waals surface area (Å²) >= 11 is 8.72. The van der Waals surface area contributed by atoms with E-state index >= 15 is 0 Å². The fraction of sp³-hybridized carbons (Fsp3) is 1.00. The molecule has 0 radical (unpaired) electrons. The van der Waals surface area contributed by atoms with Gasteiger partial charge in [-0.05, 0) is 0 Å². The van der Waals surface area contributed by atoms with Crippen molar-refractivity contribution in [3.63, 3.8) is 0 Å². The molecular formula is C8H14S4. The maximum atomic E-state index is 2.36. The molecule has 0 saturated carbocycles. The van der Waals surface area contributed by atoms with Crippen molar-refractivity contribution in [1.29, 1.82) is 0 Å². The Morgan fingerprint density at radius 1 is 1.08 bits per heavy atom. The second-order valence-electron chi connectivity index (χ2n) is 3.36. The zero-order valence-electron chi connectivity index (χ0n) is 7.41. The van der Waals surface area contributed by atoms with Gasteiger partial charge in [0.15, 0.2) is 0 Å². The van der Waals surface area contributed by atoms with Gasteiger partial charge in [-0.15, -0.1) is 35.3 Å². The standard InChI is InChI=1S/C8H14S4/c1-6-3-10-8(5-9-6)11-4-7(2)12-8/h6-7H,3-5H2,1-2H3. The minimum absolute atomic E-state index is 0.538. The molecule has 2 fully saturated rings. The fourth-order valence-corrected chi connectivity index (χ4v) is 8.72. The SMILES string of the molecule is CC1CSC2(CS1)SCC(C)S2. The molecule has 0 aromatic heterocycles. The van der Waals surface area contributed by atoms with Crippen LogP contribution in [0.1, 0.15) is 13.8 Å². The van der Waals surface area contributed by atoms with Crippen molar-refractivity contribution in [3.8, 4) is 0 Å². The molecule has 2 heterocycles. The summed E-state index contributed by atoms with van der Waals surface area (Å²) in [5.41, 5.74) is 0. The van der Waals surface area contributed by atoms with E-state index in [4.69, 9.17) is 0 Å². The monoisotopic (exact) mass is 238 g/mol. The number of thioether (sulfide) groups is 4. The summed E-state index contributed by atoms with van der Waals surface area (Å²) < 4.78 is 0.538. The zero-order chi connectivity index (χ0) is 8.60. The lowest BCUT2D eigenvalue weighted by molar-refractivity contribution is 1.10. The van der Waals surface area contributed by atoms with Crippen LogP contribution in [0, 0.1) is 0 Å². The van der Waals surface area contributed by atoms with Crippen LogP contribution in [0.25, 0.3) is 0 Å². The van der Waals surface area contributed by atoms with Crippen molar-refractivity contribution >= 4 is 47.0 Å². The lowest BCUT2D eigenvalue weighted by Gasteiger charge is -2.33. The summed E-state index contributed by atoms with van der Waals surface area (Å²) in [6, 6.07) is 0. The third kappa shape index (κ3) is 2.07. The van der Waals surface area contributed by atoms with Crippen LogP contribution in [0.3, 0.4) is 0 Å². The van der Waals surface area contributed by atoms with E-state index in [9.17, 15) is 0 Å². The van der Waals surface area contributed by atoms with Crippen LogP contribution in [0.15, 0.2) is 0 Å². The Hall–Kier alpha value is 1.40. The summed E-state index contributed by atoms with van der Waals surface area (Å²) in [6.07, 6.45) is 0. The first-order valence-electron chi connectivity index (χ1n) is 4.27. The minimum atomic E-state index is 0.538. The second kappa shape index (κ2) is 3.87. The average molecular weight is 238 g/mol. The topological polar surface area (TPSA) is 0 Å². The summed E-state index contributed by atoms with van der Waals surface area (Å²) in [5.74, 6) is 4.04. The van der Waals surface area contributed by atoms with Gasteiger partial charge in [-0.1, -0.05) is 13.8 Å². The lowest BCUT2D eigenvalue weighted by atomic mass is 10.6. The maximum absolute atomic E-state index is 2.36. The number of hydrogen-bond acceptors (Lipinski definition) is 4. The van der Waals surface area contributed by atoms with Gasteiger partial charge in [-0.3, -0.25) is 0 Å². The third-order valence-corrected chi connectivity index (χ3v) is 9.87. The molecule has 1 spiro atoms. The first-order valence-corrected chi connectivity index (χ1v) is 8.17. The van der Waals surface area contributed by atoms with Gasteiger partial charge in [0.1, 0.15) is 3.41 Å². The van der Waals surface area contributed by atoms with Crippen molar-refractivity contribution < 1.29 is 0 Å². The molecule has 0 bridgehead atoms. The minimum Gasteiger partial charge on any atom is -0.155 e. The highest BCUT2D eigenvalue weighted by molar-refractivity contribution is 8.37. The van der Waals surface area contributed by atoms with E-state index < -0.39 is 0 Å². The molecule has 2 rings (SSSR count). The number of hydrogen-bond donors (Lipinski definition) is 0. The van der Waals surface area contributed by atoms with Crippen LogP contribution < -0.4 is 0 Å². The van der Waals surface area contributed by atoms with Crippen LogP contribution in [-0.4, -0.2) is 31.2 Å². The third-order valence-electron chi connectivity index (χ3n) is 2.00. The molecule has 0 N–H and O–H groups in total. The van der Waals surface area contributed by atoms with Gasteiger partial charge >= 0.3 is 0 Å². The van der Waals surface area contributed by atoms with Gasteiger partial charge in [-0.2, -0.15) is 11.8 Å². The highest BCUT2D eigenvalue weighted by Gasteiger charge is 2.42. The van der Waals surface area contributed by atoms with E-state index in [-0.39, 0.29) is 0 Å². The predicted octanol–water partition coefficient (Wildman–Crippen LogP) is 3.38. The van der Waals surface area contributed by atoms with Gasteiger partial charge in [0.25, 0.3) is 0 Å². The van der Waals surface area contributed by atoms with Crippen LogP contribution in [-0.2, 0) is 0 Å². The Labute approximate surface area is 91.8 Å². The molecule has 4 heteroatoms. The van der Waals surface area contributed by atoms with Gasteiger partial charge in [-0.25, -0.2) is 0 Å². The molecular weight excluding hydrogens is 224 g/mol. The first kappa shape index (κ1) is 9.94. The molecule has 0 aromatic rings. The Morgan fingerprint density at radius 3 is 2.17 bits per heavy atom. The molecule has 2 aliphatic heterocycles. The van der Waals surface area contributed by atoms with E-state index in [1.807, 2.05) is 0 Å². The first-order chi connectivity index (χ1) is 5.70. The van der Waals surface area contributed by atoms with Crippen LogP contribution >= 0.6 is 47.0 Å². The lowest BCUT2D eigenvalue weighted by Crippen LogP contribution is -2.25. The summed E-state index contributed by atoms with van der Waals surface area (Å²) in [4.78, 5) is 0. The molecule has 70 valence electrons. The Kier molecular flexibility index (Phi) is 3.21. The second-order valence-corrected chi connectivity index (χ2v) is 9.93. The molecule has 0 amide bonds. The fourth-order valence-electron chi connectivity index (χ4n) is 1.35. The predicted molar refractivity (Wildman–Crippen MR) is 66.6 cm³/mol. The van der Waals surface area contributed by atoms with Crippen molar-refractivity contribution in [3.05, 3.63) is 0 Å². The Morgan fingerprint density at radius 2 is 1.75 bits per heavy atom. The summed E-state index contributed by atoms with van der Waals surface area (Å²) in [7, 11) is 0.